The molecule has 202 valence electrons. The van der Waals surface area contributed by atoms with Gasteiger partial charge in [0.25, 0.3) is 0 Å². The Hall–Kier alpha value is -1.34. The summed E-state index contributed by atoms with van der Waals surface area (Å²) >= 11 is 0. The Morgan fingerprint density at radius 1 is 1.03 bits per heavy atom. The number of aliphatic hydroxyl groups excluding tert-OH is 3. The summed E-state index contributed by atoms with van der Waals surface area (Å²) in [5.74, 6) is -1.65. The van der Waals surface area contributed by atoms with E-state index in [1.807, 2.05) is 13.8 Å². The van der Waals surface area contributed by atoms with E-state index in [1.165, 1.54) is 0 Å². The Labute approximate surface area is 215 Å². The van der Waals surface area contributed by atoms with Gasteiger partial charge in [0.1, 0.15) is 36.9 Å². The van der Waals surface area contributed by atoms with Crippen LogP contribution in [-0.4, -0.2) is 91.4 Å². The molecule has 0 aromatic heterocycles. The van der Waals surface area contributed by atoms with E-state index in [-0.39, 0.29) is 10.5 Å². The van der Waals surface area contributed by atoms with Crippen molar-refractivity contribution in [1.29, 1.82) is 0 Å². The number of carbonyl (C=O) groups is 4. The first-order chi connectivity index (χ1) is 16.2. The van der Waals surface area contributed by atoms with Crippen LogP contribution in [-0.2, 0) is 23.9 Å². The molecule has 0 saturated carbocycles. The number of fused-ring (bicyclic) bond motifs is 1. The molecule has 2 amide bonds. The van der Waals surface area contributed by atoms with E-state index in [0.717, 1.165) is 11.3 Å². The minimum Gasteiger partial charge on any atom is -0.463 e. The van der Waals surface area contributed by atoms with Crippen LogP contribution in [0, 0.1) is 5.41 Å². The number of hydrogen-bond donors (Lipinski definition) is 4. The quantitative estimate of drug-likeness (QED) is 0.131. The van der Waals surface area contributed by atoms with Gasteiger partial charge in [-0.25, -0.2) is 0 Å². The van der Waals surface area contributed by atoms with Crippen LogP contribution in [0.2, 0.25) is 0 Å². The van der Waals surface area contributed by atoms with Crippen molar-refractivity contribution in [2.24, 2.45) is 5.41 Å². The summed E-state index contributed by atoms with van der Waals surface area (Å²) in [4.78, 5) is 48.7. The Bertz CT molecular complexity index is 777. The molecule has 5 atom stereocenters. The zero-order valence-corrected chi connectivity index (χ0v) is 23.2. The van der Waals surface area contributed by atoms with Gasteiger partial charge in [-0.1, -0.05) is 35.4 Å². The van der Waals surface area contributed by atoms with Gasteiger partial charge in [-0.3, -0.25) is 14.4 Å². The average Bonchev–Trinajstić information content (AvgIpc) is 3.09. The van der Waals surface area contributed by atoms with Crippen molar-refractivity contribution in [2.45, 2.75) is 103 Å². The molecule has 0 spiro atoms. The van der Waals surface area contributed by atoms with Crippen LogP contribution in [0.25, 0.3) is 0 Å². The van der Waals surface area contributed by atoms with Crippen molar-refractivity contribution < 1.29 is 39.2 Å². The summed E-state index contributed by atoms with van der Waals surface area (Å²) in [5.41, 5.74) is -0.850. The summed E-state index contributed by atoms with van der Waals surface area (Å²) < 4.78 is 5.30. The molecule has 2 aliphatic heterocycles. The summed E-state index contributed by atoms with van der Waals surface area (Å²) in [6.45, 7) is 12.7. The third-order valence-electron chi connectivity index (χ3n) is 5.89. The fourth-order valence-corrected chi connectivity index (χ4v) is 6.44. The van der Waals surface area contributed by atoms with Crippen LogP contribution in [0.15, 0.2) is 0 Å². The van der Waals surface area contributed by atoms with Crippen LogP contribution in [0.1, 0.15) is 67.7 Å². The Morgan fingerprint density at radius 2 is 1.63 bits per heavy atom. The highest BCUT2D eigenvalue weighted by Crippen LogP contribution is 2.40. The molecule has 35 heavy (non-hydrogen) atoms. The number of hydrogen-bond acceptors (Lipinski definition) is 10. The normalized spacial score (nSPS) is 26.5. The number of piperidine rings is 1. The van der Waals surface area contributed by atoms with Crippen LogP contribution in [0.5, 0.6) is 0 Å². The molecular formula is C23H40N2O8S2. The number of amides is 2. The number of nitrogens with zero attached hydrogens (tertiary/aromatic N) is 1. The summed E-state index contributed by atoms with van der Waals surface area (Å²) in [5, 5.41) is 32.8. The second-order valence-corrected chi connectivity index (χ2v) is 12.9. The van der Waals surface area contributed by atoms with Crippen molar-refractivity contribution in [3.8, 4) is 0 Å². The van der Waals surface area contributed by atoms with Crippen LogP contribution >= 0.6 is 21.6 Å². The molecule has 0 aromatic carbocycles. The van der Waals surface area contributed by atoms with Gasteiger partial charge in [-0.15, -0.1) is 0 Å². The van der Waals surface area contributed by atoms with Crippen LogP contribution in [0.4, 0.5) is 0 Å². The van der Waals surface area contributed by atoms with Crippen molar-refractivity contribution in [3.05, 3.63) is 0 Å². The number of Topliss-reactive ketones (excluding diaryl/α,β-unsaturated/α-hetero) is 1. The van der Waals surface area contributed by atoms with E-state index >= 15 is 0 Å². The third kappa shape index (κ3) is 8.34. The fraction of sp³-hybridized carbons (Fsp3) is 0.826. The van der Waals surface area contributed by atoms with E-state index in [2.05, 4.69) is 19.2 Å². The SMILES string of the molecule is CC.CC(=O)CCC(C)(C)SSCCC(C)(C)C(=O)OC[C@@H]1[C@@H](O)[C@H](O)[C@H](O)[C@H]2NC(=O)C(=O)N12. The van der Waals surface area contributed by atoms with E-state index < -0.39 is 60.3 Å². The van der Waals surface area contributed by atoms with Crippen LogP contribution in [0.3, 0.4) is 0 Å². The van der Waals surface area contributed by atoms with Gasteiger partial charge in [0, 0.05) is 16.9 Å². The topological polar surface area (TPSA) is 153 Å². The monoisotopic (exact) mass is 536 g/mol. The van der Waals surface area contributed by atoms with E-state index in [4.69, 9.17) is 4.74 Å². The van der Waals surface area contributed by atoms with Gasteiger partial charge >= 0.3 is 17.8 Å². The molecule has 0 aromatic rings. The van der Waals surface area contributed by atoms with Crippen molar-refractivity contribution in [2.75, 3.05) is 12.4 Å². The first-order valence-corrected chi connectivity index (χ1v) is 14.1. The summed E-state index contributed by atoms with van der Waals surface area (Å²) in [7, 11) is 3.28. The molecule has 2 aliphatic rings. The van der Waals surface area contributed by atoms with Gasteiger partial charge in [-0.2, -0.15) is 0 Å². The number of nitrogens with one attached hydrogen (secondary N) is 1. The molecule has 12 heteroatoms. The lowest BCUT2D eigenvalue weighted by Gasteiger charge is -2.44. The molecule has 4 N–H and O–H groups in total. The number of carbonyl (C=O) groups excluding carboxylic acids is 4. The molecule has 10 nitrogen and oxygen atoms in total. The maximum Gasteiger partial charge on any atom is 0.314 e. The Kier molecular flexibility index (Phi) is 12.0. The first-order valence-electron chi connectivity index (χ1n) is 11.8. The predicted octanol–water partition coefficient (Wildman–Crippen LogP) is 1.25. The highest BCUT2D eigenvalue weighted by Gasteiger charge is 2.55. The Balaban J connectivity index is 0.00000298. The zero-order valence-electron chi connectivity index (χ0n) is 21.6. The highest BCUT2D eigenvalue weighted by molar-refractivity contribution is 8.77. The lowest BCUT2D eigenvalue weighted by atomic mass is 9.90. The van der Waals surface area contributed by atoms with Gasteiger partial charge in [0.15, 0.2) is 0 Å². The maximum absolute atomic E-state index is 12.7. The highest BCUT2D eigenvalue weighted by atomic mass is 33.1. The standard InChI is InChI=1S/C21H34N2O8S2.C2H6/c1-11(24)6-7-21(4,5)33-32-9-8-20(2,3)19(30)31-10-12-13(25)14(26)15(27)16-22-17(28)18(29)23(12)16;1-2/h12-16,25-27H,6-10H2,1-5H3,(H,22,28);1-2H3/t12-,13-,14+,15+,16+;/m1./s1. The first kappa shape index (κ1) is 31.7. The summed E-state index contributed by atoms with van der Waals surface area (Å²) in [6, 6.07) is -1.17. The minimum atomic E-state index is -1.62. The lowest BCUT2D eigenvalue weighted by Crippen LogP contribution is -2.68. The molecule has 2 saturated heterocycles. The van der Waals surface area contributed by atoms with Gasteiger partial charge in [-0.05, 0) is 47.5 Å². The van der Waals surface area contributed by atoms with E-state index in [9.17, 15) is 34.5 Å². The molecule has 2 rings (SSSR count). The van der Waals surface area contributed by atoms with Crippen molar-refractivity contribution in [1.82, 2.24) is 10.2 Å². The third-order valence-corrected chi connectivity index (χ3v) is 9.25. The number of ketones is 1. The molecule has 0 bridgehead atoms. The number of rotatable bonds is 11. The zero-order chi connectivity index (χ0) is 27.1. The number of aliphatic hydroxyl groups is 3. The van der Waals surface area contributed by atoms with E-state index in [1.54, 1.807) is 42.4 Å². The molecule has 2 heterocycles. The average molecular weight is 537 g/mol. The molecule has 2 fully saturated rings. The molecule has 0 radical (unpaired) electrons. The van der Waals surface area contributed by atoms with Crippen LogP contribution < -0.4 is 5.32 Å². The molecule has 0 aliphatic carbocycles. The van der Waals surface area contributed by atoms with E-state index in [0.29, 0.717) is 18.6 Å². The molecule has 0 unspecified atom stereocenters. The van der Waals surface area contributed by atoms with Crippen molar-refractivity contribution >= 4 is 45.2 Å². The minimum absolute atomic E-state index is 0.0756. The smallest absolute Gasteiger partial charge is 0.314 e. The number of ether oxygens (including phenoxy) is 1. The largest absolute Gasteiger partial charge is 0.463 e. The molecular weight excluding hydrogens is 496 g/mol. The van der Waals surface area contributed by atoms with Gasteiger partial charge in [0.2, 0.25) is 0 Å². The lowest BCUT2D eigenvalue weighted by molar-refractivity contribution is -0.184. The Morgan fingerprint density at radius 3 is 2.20 bits per heavy atom. The number of esters is 1. The van der Waals surface area contributed by atoms with Gasteiger partial charge < -0.3 is 35.1 Å². The van der Waals surface area contributed by atoms with Crippen molar-refractivity contribution in [3.63, 3.8) is 0 Å². The maximum atomic E-state index is 12.7. The summed E-state index contributed by atoms with van der Waals surface area (Å²) in [6.07, 6.45) is -4.16. The van der Waals surface area contributed by atoms with Gasteiger partial charge in [0.05, 0.1) is 11.5 Å². The second-order valence-electron chi connectivity index (χ2n) is 9.77. The predicted molar refractivity (Wildman–Crippen MR) is 135 cm³/mol. The second kappa shape index (κ2) is 13.3. The fourth-order valence-electron chi connectivity index (χ4n) is 3.55.